The van der Waals surface area contributed by atoms with Crippen LogP contribution in [-0.2, 0) is 0 Å². The summed E-state index contributed by atoms with van der Waals surface area (Å²) in [5.41, 5.74) is 0.655. The van der Waals surface area contributed by atoms with Gasteiger partial charge in [-0.15, -0.1) is 0 Å². The standard InChI is InChI=1S/C5H9NO/c1-4(2)5(7)6-3/h1H2,2-3H3,(H,6,7)/p+1. The molecule has 0 heterocycles. The number of hydrogen-bond donors (Lipinski definition) is 2. The molecule has 0 bridgehead atoms. The molecular formula is C5H10NO+. The van der Waals surface area contributed by atoms with E-state index in [-0.39, 0.29) is 5.90 Å². The van der Waals surface area contributed by atoms with Crippen molar-refractivity contribution in [1.29, 1.82) is 0 Å². The molecule has 0 aromatic carbocycles. The summed E-state index contributed by atoms with van der Waals surface area (Å²) in [7, 11) is 1.64. The van der Waals surface area contributed by atoms with Gasteiger partial charge in [0.2, 0.25) is 0 Å². The van der Waals surface area contributed by atoms with Crippen LogP contribution >= 0.6 is 0 Å². The van der Waals surface area contributed by atoms with Crippen molar-refractivity contribution in [2.24, 2.45) is 0 Å². The molecule has 7 heavy (non-hydrogen) atoms. The van der Waals surface area contributed by atoms with Gasteiger partial charge in [0.1, 0.15) is 7.05 Å². The molecule has 40 valence electrons. The number of nitrogens with one attached hydrogen (secondary N) is 1. The Balaban J connectivity index is 3.82. The quantitative estimate of drug-likeness (QED) is 0.329. The maximum absolute atomic E-state index is 8.64. The van der Waals surface area contributed by atoms with E-state index in [1.807, 2.05) is 0 Å². The Morgan fingerprint density at radius 2 is 2.14 bits per heavy atom. The highest BCUT2D eigenvalue weighted by Gasteiger charge is 1.96. The van der Waals surface area contributed by atoms with Gasteiger partial charge in [-0.05, 0) is 6.92 Å². The van der Waals surface area contributed by atoms with Gasteiger partial charge in [-0.25, -0.2) is 4.99 Å². The van der Waals surface area contributed by atoms with Crippen molar-refractivity contribution in [3.8, 4) is 0 Å². The predicted octanol–water partition coefficient (Wildman–Crippen LogP) is -0.771. The molecule has 2 N–H and O–H groups in total. The van der Waals surface area contributed by atoms with Crippen LogP contribution in [0.5, 0.6) is 0 Å². The molecule has 0 aromatic heterocycles. The van der Waals surface area contributed by atoms with Crippen LogP contribution in [0.2, 0.25) is 0 Å². The summed E-state index contributed by atoms with van der Waals surface area (Å²) in [6.45, 7) is 5.20. The van der Waals surface area contributed by atoms with Crippen LogP contribution in [0.25, 0.3) is 0 Å². The molecule has 2 nitrogen and oxygen atoms in total. The molecule has 2 heteroatoms. The minimum Gasteiger partial charge on any atom is -0.460 e. The zero-order chi connectivity index (χ0) is 5.86. The van der Waals surface area contributed by atoms with Crippen molar-refractivity contribution >= 4 is 5.90 Å². The first kappa shape index (κ1) is 6.21. The second-order valence-corrected chi connectivity index (χ2v) is 1.38. The Kier molecular flexibility index (Phi) is 2.12. The van der Waals surface area contributed by atoms with E-state index >= 15 is 0 Å². The number of aliphatic hydroxyl groups is 1. The Bertz CT molecular complexity index is 105. The van der Waals surface area contributed by atoms with Crippen molar-refractivity contribution in [3.05, 3.63) is 12.2 Å². The molecule has 0 aromatic rings. The predicted molar refractivity (Wildman–Crippen MR) is 29.3 cm³/mol. The SMILES string of the molecule is C=C(C)C(O)=[NH+]C. The first-order chi connectivity index (χ1) is 3.18. The van der Waals surface area contributed by atoms with E-state index in [1.165, 1.54) is 0 Å². The minimum absolute atomic E-state index is 0.153. The molecular weight excluding hydrogens is 90.1 g/mol. The molecule has 0 saturated carbocycles. The van der Waals surface area contributed by atoms with Crippen LogP contribution in [0.3, 0.4) is 0 Å². The van der Waals surface area contributed by atoms with Gasteiger partial charge in [0.15, 0.2) is 0 Å². The van der Waals surface area contributed by atoms with Crippen molar-refractivity contribution < 1.29 is 10.1 Å². The van der Waals surface area contributed by atoms with Crippen LogP contribution in [0.4, 0.5) is 0 Å². The average Bonchev–Trinajstić information content (AvgIpc) is 1.65. The van der Waals surface area contributed by atoms with E-state index in [2.05, 4.69) is 11.6 Å². The third-order valence-corrected chi connectivity index (χ3v) is 0.641. The first-order valence-electron chi connectivity index (χ1n) is 2.08. The van der Waals surface area contributed by atoms with E-state index in [0.717, 1.165) is 0 Å². The second kappa shape index (κ2) is 2.39. The largest absolute Gasteiger partial charge is 0.460 e. The van der Waals surface area contributed by atoms with Crippen LogP contribution in [0.15, 0.2) is 12.2 Å². The third-order valence-electron chi connectivity index (χ3n) is 0.641. The average molecular weight is 100 g/mol. The molecule has 0 aliphatic heterocycles. The molecule has 0 radical (unpaired) electrons. The van der Waals surface area contributed by atoms with Gasteiger partial charge in [0.25, 0.3) is 0 Å². The van der Waals surface area contributed by atoms with Gasteiger partial charge >= 0.3 is 5.90 Å². The van der Waals surface area contributed by atoms with Gasteiger partial charge in [-0.2, -0.15) is 0 Å². The molecule has 0 atom stereocenters. The summed E-state index contributed by atoms with van der Waals surface area (Å²) in [6.07, 6.45) is 0. The Morgan fingerprint density at radius 3 is 2.14 bits per heavy atom. The molecule has 0 unspecified atom stereocenters. The summed E-state index contributed by atoms with van der Waals surface area (Å²) >= 11 is 0. The summed E-state index contributed by atoms with van der Waals surface area (Å²) in [4.78, 5) is 2.54. The van der Waals surface area contributed by atoms with Gasteiger partial charge in [0.05, 0.1) is 5.57 Å². The summed E-state index contributed by atoms with van der Waals surface area (Å²) in [5.74, 6) is 0.153. The molecule has 0 saturated heterocycles. The van der Waals surface area contributed by atoms with Crippen LogP contribution in [0.1, 0.15) is 6.92 Å². The molecule has 0 aliphatic carbocycles. The summed E-state index contributed by atoms with van der Waals surface area (Å²) in [6, 6.07) is 0. The lowest BCUT2D eigenvalue weighted by Crippen LogP contribution is -2.68. The maximum atomic E-state index is 8.64. The molecule has 0 amide bonds. The van der Waals surface area contributed by atoms with Gasteiger partial charge in [-0.1, -0.05) is 6.58 Å². The lowest BCUT2D eigenvalue weighted by Gasteiger charge is -1.82. The van der Waals surface area contributed by atoms with Gasteiger partial charge in [0, 0.05) is 0 Å². The van der Waals surface area contributed by atoms with Crippen molar-refractivity contribution in [1.82, 2.24) is 0 Å². The second-order valence-electron chi connectivity index (χ2n) is 1.38. The van der Waals surface area contributed by atoms with E-state index in [0.29, 0.717) is 5.57 Å². The zero-order valence-electron chi connectivity index (χ0n) is 4.65. The van der Waals surface area contributed by atoms with E-state index < -0.39 is 0 Å². The summed E-state index contributed by atoms with van der Waals surface area (Å²) in [5, 5.41) is 8.64. The zero-order valence-corrected chi connectivity index (χ0v) is 4.65. The minimum atomic E-state index is 0.153. The van der Waals surface area contributed by atoms with Crippen LogP contribution in [-0.4, -0.2) is 18.1 Å². The Labute approximate surface area is 43.2 Å². The van der Waals surface area contributed by atoms with E-state index in [9.17, 15) is 0 Å². The van der Waals surface area contributed by atoms with Crippen molar-refractivity contribution in [2.45, 2.75) is 6.92 Å². The number of rotatable bonds is 1. The fraction of sp³-hybridized carbons (Fsp3) is 0.400. The lowest BCUT2D eigenvalue weighted by atomic mass is 10.4. The normalized spacial score (nSPS) is 11.4. The topological polar surface area (TPSA) is 34.2 Å². The van der Waals surface area contributed by atoms with Crippen LogP contribution < -0.4 is 4.99 Å². The summed E-state index contributed by atoms with van der Waals surface area (Å²) < 4.78 is 0. The molecule has 0 fully saturated rings. The Hall–Kier alpha value is -0.790. The van der Waals surface area contributed by atoms with Gasteiger partial charge in [-0.3, -0.25) is 0 Å². The van der Waals surface area contributed by atoms with Gasteiger partial charge < -0.3 is 5.11 Å². The van der Waals surface area contributed by atoms with Crippen molar-refractivity contribution in [3.63, 3.8) is 0 Å². The highest BCUT2D eigenvalue weighted by molar-refractivity contribution is 5.85. The fourth-order valence-electron chi connectivity index (χ4n) is 0.213. The number of hydrogen-bond acceptors (Lipinski definition) is 0. The molecule has 0 rings (SSSR count). The Morgan fingerprint density at radius 1 is 1.71 bits per heavy atom. The molecule has 0 aliphatic rings. The highest BCUT2D eigenvalue weighted by atomic mass is 16.3. The van der Waals surface area contributed by atoms with Crippen molar-refractivity contribution in [2.75, 3.05) is 7.05 Å². The van der Waals surface area contributed by atoms with E-state index in [4.69, 9.17) is 5.11 Å². The maximum Gasteiger partial charge on any atom is 0.360 e. The first-order valence-corrected chi connectivity index (χ1v) is 2.08. The monoisotopic (exact) mass is 100 g/mol. The smallest absolute Gasteiger partial charge is 0.360 e. The van der Waals surface area contributed by atoms with E-state index in [1.54, 1.807) is 14.0 Å². The third kappa shape index (κ3) is 1.98. The number of aliphatic hydroxyl groups excluding tert-OH is 1. The highest BCUT2D eigenvalue weighted by Crippen LogP contribution is 1.78. The lowest BCUT2D eigenvalue weighted by molar-refractivity contribution is -0.429. The fourth-order valence-corrected chi connectivity index (χ4v) is 0.213. The molecule has 0 spiro atoms. The van der Waals surface area contributed by atoms with Crippen LogP contribution in [0, 0.1) is 0 Å².